The summed E-state index contributed by atoms with van der Waals surface area (Å²) in [5.41, 5.74) is -0.0632. The van der Waals surface area contributed by atoms with Crippen molar-refractivity contribution < 1.29 is 23.8 Å². The molecule has 0 atom stereocenters. The topological polar surface area (TPSA) is 66.4 Å². The number of hydrogen-bond acceptors (Lipinski definition) is 6. The number of carbonyl (C=O) groups excluding carboxylic acids is 1. The monoisotopic (exact) mass is 229 g/mol. The summed E-state index contributed by atoms with van der Waals surface area (Å²) in [6.07, 6.45) is 1.09. The van der Waals surface area contributed by atoms with Gasteiger partial charge in [0.05, 0.1) is 19.8 Å². The van der Waals surface area contributed by atoms with Crippen LogP contribution in [-0.2, 0) is 23.8 Å². The molecular formula is C10H15NO5. The van der Waals surface area contributed by atoms with Gasteiger partial charge in [-0.3, -0.25) is 0 Å². The molecule has 0 bridgehead atoms. The molecule has 0 N–H and O–H groups in total. The number of rotatable bonds is 5. The van der Waals surface area contributed by atoms with E-state index in [4.69, 9.17) is 14.2 Å². The summed E-state index contributed by atoms with van der Waals surface area (Å²) in [4.78, 5) is 16.2. The second kappa shape index (κ2) is 5.62. The highest BCUT2D eigenvalue weighted by Gasteiger charge is 2.42. The van der Waals surface area contributed by atoms with Gasteiger partial charge in [0, 0.05) is 0 Å². The Kier molecular flexibility index (Phi) is 4.45. The molecule has 0 aromatic heterocycles. The van der Waals surface area contributed by atoms with Gasteiger partial charge in [0.15, 0.2) is 0 Å². The molecular weight excluding hydrogens is 214 g/mol. The zero-order valence-corrected chi connectivity index (χ0v) is 9.39. The van der Waals surface area contributed by atoms with Crippen LogP contribution < -0.4 is 0 Å². The van der Waals surface area contributed by atoms with Crippen molar-refractivity contribution in [1.29, 1.82) is 0 Å². The van der Waals surface area contributed by atoms with Gasteiger partial charge in [-0.2, -0.15) is 0 Å². The molecule has 1 aliphatic heterocycles. The third-order valence-corrected chi connectivity index (χ3v) is 1.96. The van der Waals surface area contributed by atoms with E-state index in [9.17, 15) is 4.79 Å². The average molecular weight is 229 g/mol. The minimum atomic E-state index is -1.21. The van der Waals surface area contributed by atoms with Gasteiger partial charge in [0.1, 0.15) is 6.26 Å². The van der Waals surface area contributed by atoms with Gasteiger partial charge >= 0.3 is 5.97 Å². The van der Waals surface area contributed by atoms with Gasteiger partial charge in [-0.15, -0.1) is 0 Å². The molecule has 6 heteroatoms. The fourth-order valence-electron chi connectivity index (χ4n) is 1.25. The van der Waals surface area contributed by atoms with E-state index in [2.05, 4.69) is 16.6 Å². The number of ether oxygens (including phenoxy) is 3. The zero-order valence-electron chi connectivity index (χ0n) is 9.39. The first-order chi connectivity index (χ1) is 7.64. The van der Waals surface area contributed by atoms with Crippen molar-refractivity contribution in [1.82, 2.24) is 0 Å². The summed E-state index contributed by atoms with van der Waals surface area (Å²) >= 11 is 0. The van der Waals surface area contributed by atoms with Crippen molar-refractivity contribution in [3.8, 4) is 0 Å². The Hall–Kier alpha value is -1.40. The van der Waals surface area contributed by atoms with Crippen LogP contribution in [-0.4, -0.2) is 37.3 Å². The van der Waals surface area contributed by atoms with Crippen LogP contribution >= 0.6 is 0 Å². The van der Waals surface area contributed by atoms with E-state index in [1.807, 2.05) is 0 Å². The maximum atomic E-state index is 11.6. The number of nitrogens with zero attached hydrogens (tertiary/aromatic N) is 1. The van der Waals surface area contributed by atoms with Crippen LogP contribution in [0.2, 0.25) is 0 Å². The van der Waals surface area contributed by atoms with E-state index in [0.29, 0.717) is 13.2 Å². The number of oxime groups is 1. The predicted octanol–water partition coefficient (Wildman–Crippen LogP) is 0.829. The van der Waals surface area contributed by atoms with Gasteiger partial charge in [-0.25, -0.2) is 4.79 Å². The van der Waals surface area contributed by atoms with Crippen LogP contribution in [0.1, 0.15) is 13.8 Å². The molecule has 0 amide bonds. The number of hydrogen-bond donors (Lipinski definition) is 0. The molecule has 0 aromatic carbocycles. The number of carbonyl (C=O) groups is 1. The first kappa shape index (κ1) is 12.7. The number of esters is 1. The summed E-state index contributed by atoms with van der Waals surface area (Å²) < 4.78 is 15.4. The fraction of sp³-hybridized carbons (Fsp3) is 0.600. The summed E-state index contributed by atoms with van der Waals surface area (Å²) in [6.45, 7) is 7.63. The Balaban J connectivity index is 2.85. The summed E-state index contributed by atoms with van der Waals surface area (Å²) in [6, 6.07) is 0. The Morgan fingerprint density at radius 3 is 2.69 bits per heavy atom. The van der Waals surface area contributed by atoms with E-state index < -0.39 is 11.8 Å². The molecule has 0 radical (unpaired) electrons. The molecule has 0 aromatic rings. The Labute approximate surface area is 93.8 Å². The van der Waals surface area contributed by atoms with Gasteiger partial charge in [-0.05, 0) is 13.8 Å². The Morgan fingerprint density at radius 1 is 1.56 bits per heavy atom. The van der Waals surface area contributed by atoms with Crippen LogP contribution in [0.4, 0.5) is 0 Å². The minimum absolute atomic E-state index is 0.0632. The van der Waals surface area contributed by atoms with Crippen molar-refractivity contribution in [3.05, 3.63) is 12.8 Å². The van der Waals surface area contributed by atoms with E-state index in [0.717, 1.165) is 6.26 Å². The van der Waals surface area contributed by atoms with Gasteiger partial charge in [-0.1, -0.05) is 11.7 Å². The zero-order chi connectivity index (χ0) is 12.0. The predicted molar refractivity (Wildman–Crippen MR) is 55.7 cm³/mol. The van der Waals surface area contributed by atoms with Crippen molar-refractivity contribution in [2.75, 3.05) is 19.8 Å². The van der Waals surface area contributed by atoms with Crippen LogP contribution in [0.15, 0.2) is 18.0 Å². The average Bonchev–Trinajstić information content (AvgIpc) is 2.67. The molecule has 1 aliphatic rings. The third-order valence-electron chi connectivity index (χ3n) is 1.96. The van der Waals surface area contributed by atoms with Crippen LogP contribution in [0.5, 0.6) is 0 Å². The minimum Gasteiger partial charge on any atom is -0.461 e. The van der Waals surface area contributed by atoms with Crippen molar-refractivity contribution in [3.63, 3.8) is 0 Å². The summed E-state index contributed by atoms with van der Waals surface area (Å²) in [5.74, 6) is -1.84. The van der Waals surface area contributed by atoms with Crippen molar-refractivity contribution in [2.45, 2.75) is 19.6 Å². The summed E-state index contributed by atoms with van der Waals surface area (Å²) in [7, 11) is 0. The van der Waals surface area contributed by atoms with Crippen molar-refractivity contribution >= 4 is 11.7 Å². The van der Waals surface area contributed by atoms with Gasteiger partial charge < -0.3 is 19.0 Å². The van der Waals surface area contributed by atoms with E-state index in [1.165, 1.54) is 0 Å². The first-order valence-corrected chi connectivity index (χ1v) is 4.94. The molecule has 1 rings (SSSR count). The van der Waals surface area contributed by atoms with Crippen LogP contribution in [0.25, 0.3) is 0 Å². The van der Waals surface area contributed by atoms with E-state index in [-0.39, 0.29) is 12.3 Å². The van der Waals surface area contributed by atoms with Crippen LogP contribution in [0.3, 0.4) is 0 Å². The first-order valence-electron chi connectivity index (χ1n) is 4.94. The quantitative estimate of drug-likeness (QED) is 0.302. The molecule has 0 unspecified atom stereocenters. The molecule has 1 heterocycles. The highest BCUT2D eigenvalue weighted by atomic mass is 16.7. The smallest absolute Gasteiger partial charge is 0.361 e. The van der Waals surface area contributed by atoms with E-state index in [1.54, 1.807) is 13.8 Å². The SMILES string of the molecule is C=CO/N=C(/C(=O)OCC)C1(C)OCCO1. The lowest BCUT2D eigenvalue weighted by Crippen LogP contribution is -2.42. The van der Waals surface area contributed by atoms with Crippen LogP contribution in [0, 0.1) is 0 Å². The second-order valence-electron chi connectivity index (χ2n) is 3.08. The molecule has 6 nitrogen and oxygen atoms in total. The fourth-order valence-corrected chi connectivity index (χ4v) is 1.25. The molecule has 0 spiro atoms. The van der Waals surface area contributed by atoms with Crippen molar-refractivity contribution in [2.24, 2.45) is 5.16 Å². The molecule has 1 fully saturated rings. The summed E-state index contributed by atoms with van der Waals surface area (Å²) in [5, 5.41) is 3.59. The molecule has 0 saturated carbocycles. The maximum Gasteiger partial charge on any atom is 0.361 e. The lowest BCUT2D eigenvalue weighted by atomic mass is 10.2. The van der Waals surface area contributed by atoms with Gasteiger partial charge in [0.25, 0.3) is 0 Å². The lowest BCUT2D eigenvalue weighted by molar-refractivity contribution is -0.140. The molecule has 1 saturated heterocycles. The third kappa shape index (κ3) is 2.80. The maximum absolute atomic E-state index is 11.6. The highest BCUT2D eigenvalue weighted by Crippen LogP contribution is 2.21. The second-order valence-corrected chi connectivity index (χ2v) is 3.08. The van der Waals surface area contributed by atoms with E-state index >= 15 is 0 Å². The standard InChI is InChI=1S/C10H15NO5/c1-4-13-9(12)8(11-16-5-2)10(3)14-6-7-15-10/h5H,2,4,6-7H2,1,3H3/b11-8-. The Morgan fingerprint density at radius 2 is 2.19 bits per heavy atom. The largest absolute Gasteiger partial charge is 0.461 e. The normalized spacial score (nSPS) is 19.2. The molecule has 90 valence electrons. The van der Waals surface area contributed by atoms with Gasteiger partial charge in [0.2, 0.25) is 11.5 Å². The molecule has 16 heavy (non-hydrogen) atoms. The lowest BCUT2D eigenvalue weighted by Gasteiger charge is -2.21. The Bertz CT molecular complexity index is 294. The molecule has 0 aliphatic carbocycles. The highest BCUT2D eigenvalue weighted by molar-refractivity contribution is 6.39.